The molecule has 0 radical (unpaired) electrons. The monoisotopic (exact) mass is 296 g/mol. The lowest BCUT2D eigenvalue weighted by Crippen LogP contribution is -2.55. The van der Waals surface area contributed by atoms with Gasteiger partial charge >= 0.3 is 5.97 Å². The van der Waals surface area contributed by atoms with Crippen molar-refractivity contribution >= 4 is 5.97 Å². The number of hydrogen-bond acceptors (Lipinski definition) is 4. The lowest BCUT2D eigenvalue weighted by molar-refractivity contribution is -0.192. The van der Waals surface area contributed by atoms with Crippen LogP contribution >= 0.6 is 0 Å². The van der Waals surface area contributed by atoms with Gasteiger partial charge in [0.25, 0.3) is 0 Å². The molecule has 0 aromatic rings. The summed E-state index contributed by atoms with van der Waals surface area (Å²) in [5.41, 5.74) is -0.267. The predicted molar refractivity (Wildman–Crippen MR) is 78.6 cm³/mol. The number of carbonyl (C=O) groups is 1. The van der Waals surface area contributed by atoms with Crippen LogP contribution in [0, 0.1) is 29.1 Å². The van der Waals surface area contributed by atoms with Gasteiger partial charge in [-0.25, -0.2) is 0 Å². The van der Waals surface area contributed by atoms with Crippen LogP contribution in [-0.2, 0) is 19.0 Å². The molecule has 4 heteroatoms. The van der Waals surface area contributed by atoms with E-state index in [1.54, 1.807) is 0 Å². The average molecular weight is 296 g/mol. The molecule has 0 unspecified atom stereocenters. The van der Waals surface area contributed by atoms with Crippen LogP contribution in [0.25, 0.3) is 0 Å². The van der Waals surface area contributed by atoms with Crippen LogP contribution in [0.1, 0.15) is 46.0 Å². The maximum atomic E-state index is 12.6. The number of hydrogen-bond donors (Lipinski definition) is 0. The molecule has 0 amide bonds. The van der Waals surface area contributed by atoms with Crippen LogP contribution in [0.3, 0.4) is 0 Å². The minimum atomic E-state index is -0.267. The predicted octanol–water partition coefficient (Wildman–Crippen LogP) is 3.00. The van der Waals surface area contributed by atoms with Crippen LogP contribution in [-0.4, -0.2) is 32.6 Å². The molecular formula is C17H28O4. The highest BCUT2D eigenvalue weighted by atomic mass is 16.7. The van der Waals surface area contributed by atoms with Gasteiger partial charge in [-0.05, 0) is 69.6 Å². The van der Waals surface area contributed by atoms with E-state index in [9.17, 15) is 4.79 Å². The zero-order chi connectivity index (χ0) is 14.9. The molecule has 4 aliphatic rings. The maximum absolute atomic E-state index is 12.6. The first-order chi connectivity index (χ1) is 10.1. The topological polar surface area (TPSA) is 44.8 Å². The number of rotatable bonds is 7. The molecule has 0 heterocycles. The second-order valence-electron chi connectivity index (χ2n) is 7.24. The van der Waals surface area contributed by atoms with Crippen molar-refractivity contribution in [3.05, 3.63) is 0 Å². The third-order valence-electron chi connectivity index (χ3n) is 6.12. The SMILES string of the molecule is CCOCCOCOC(=O)C1(C)C2CC3CC(C2)CC1C3. The average Bonchev–Trinajstić information content (AvgIpc) is 2.47. The summed E-state index contributed by atoms with van der Waals surface area (Å²) >= 11 is 0. The standard InChI is InChI=1S/C17H28O4/c1-3-19-4-5-20-11-21-16(18)17(2)14-7-12-6-13(9-14)10-15(17)8-12/h12-15H,3-11H2,1-2H3. The van der Waals surface area contributed by atoms with Gasteiger partial charge in [0.1, 0.15) is 0 Å². The van der Waals surface area contributed by atoms with Crippen LogP contribution in [0.4, 0.5) is 0 Å². The van der Waals surface area contributed by atoms with Crippen molar-refractivity contribution < 1.29 is 19.0 Å². The number of esters is 1. The van der Waals surface area contributed by atoms with Crippen molar-refractivity contribution in [1.82, 2.24) is 0 Å². The summed E-state index contributed by atoms with van der Waals surface area (Å²) in [6.45, 7) is 5.88. The first kappa shape index (κ1) is 15.3. The summed E-state index contributed by atoms with van der Waals surface area (Å²) < 4.78 is 15.9. The second-order valence-corrected chi connectivity index (χ2v) is 7.24. The van der Waals surface area contributed by atoms with Crippen molar-refractivity contribution in [3.8, 4) is 0 Å². The fraction of sp³-hybridized carbons (Fsp3) is 0.941. The van der Waals surface area contributed by atoms with Crippen molar-refractivity contribution in [1.29, 1.82) is 0 Å². The quantitative estimate of drug-likeness (QED) is 0.411. The Labute approximate surface area is 127 Å². The Hall–Kier alpha value is -0.610. The first-order valence-corrected chi connectivity index (χ1v) is 8.47. The Bertz CT molecular complexity index is 351. The zero-order valence-electron chi connectivity index (χ0n) is 13.3. The van der Waals surface area contributed by atoms with Gasteiger partial charge in [0, 0.05) is 6.61 Å². The van der Waals surface area contributed by atoms with Crippen molar-refractivity contribution in [2.75, 3.05) is 26.6 Å². The Morgan fingerprint density at radius 2 is 1.57 bits per heavy atom. The lowest BCUT2D eigenvalue weighted by Gasteiger charge is -2.58. The van der Waals surface area contributed by atoms with E-state index in [-0.39, 0.29) is 18.2 Å². The zero-order valence-corrected chi connectivity index (χ0v) is 13.3. The molecular weight excluding hydrogens is 268 g/mol. The van der Waals surface area contributed by atoms with E-state index >= 15 is 0 Å². The van der Waals surface area contributed by atoms with E-state index in [2.05, 4.69) is 6.92 Å². The maximum Gasteiger partial charge on any atom is 0.314 e. The van der Waals surface area contributed by atoms with Gasteiger partial charge in [0.2, 0.25) is 0 Å². The Kier molecular flexibility index (Phi) is 4.55. The Morgan fingerprint density at radius 1 is 1.00 bits per heavy atom. The molecule has 0 saturated heterocycles. The van der Waals surface area contributed by atoms with E-state index in [0.29, 0.717) is 31.7 Å². The highest BCUT2D eigenvalue weighted by Gasteiger charge is 2.59. The van der Waals surface area contributed by atoms with Crippen molar-refractivity contribution in [3.63, 3.8) is 0 Å². The van der Waals surface area contributed by atoms with Crippen LogP contribution in [0.5, 0.6) is 0 Å². The number of carbonyl (C=O) groups excluding carboxylic acids is 1. The van der Waals surface area contributed by atoms with Gasteiger partial charge in [-0.2, -0.15) is 0 Å². The number of ether oxygens (including phenoxy) is 3. The molecule has 4 fully saturated rings. The molecule has 4 saturated carbocycles. The molecule has 4 nitrogen and oxygen atoms in total. The van der Waals surface area contributed by atoms with Gasteiger partial charge in [-0.1, -0.05) is 0 Å². The normalized spacial score (nSPS) is 40.5. The summed E-state index contributed by atoms with van der Waals surface area (Å²) in [4.78, 5) is 12.6. The Balaban J connectivity index is 1.50. The molecule has 4 aliphatic carbocycles. The highest BCUT2D eigenvalue weighted by Crippen LogP contribution is 2.62. The van der Waals surface area contributed by atoms with Gasteiger partial charge in [0.15, 0.2) is 6.79 Å². The molecule has 4 bridgehead atoms. The minimum absolute atomic E-state index is 0.0345. The van der Waals surface area contributed by atoms with E-state index in [4.69, 9.17) is 14.2 Å². The molecule has 0 atom stereocenters. The van der Waals surface area contributed by atoms with Crippen molar-refractivity contribution in [2.45, 2.75) is 46.0 Å². The fourth-order valence-electron chi connectivity index (χ4n) is 5.07. The molecule has 0 N–H and O–H groups in total. The molecule has 0 aliphatic heterocycles. The summed E-state index contributed by atoms with van der Waals surface area (Å²) in [5, 5.41) is 0. The van der Waals surface area contributed by atoms with E-state index < -0.39 is 0 Å². The van der Waals surface area contributed by atoms with E-state index in [0.717, 1.165) is 11.8 Å². The summed E-state index contributed by atoms with van der Waals surface area (Å²) in [5.74, 6) is 2.77. The fourth-order valence-corrected chi connectivity index (χ4v) is 5.07. The summed E-state index contributed by atoms with van der Waals surface area (Å²) in [6.07, 6.45) is 6.31. The van der Waals surface area contributed by atoms with Gasteiger partial charge in [-0.15, -0.1) is 0 Å². The lowest BCUT2D eigenvalue weighted by atomic mass is 9.46. The van der Waals surface area contributed by atoms with Gasteiger partial charge in [0.05, 0.1) is 18.6 Å². The van der Waals surface area contributed by atoms with E-state index in [1.807, 2.05) is 6.92 Å². The summed E-state index contributed by atoms with van der Waals surface area (Å²) in [6, 6.07) is 0. The smallest absolute Gasteiger partial charge is 0.314 e. The Morgan fingerprint density at radius 3 is 2.14 bits per heavy atom. The summed E-state index contributed by atoms with van der Waals surface area (Å²) in [7, 11) is 0. The first-order valence-electron chi connectivity index (χ1n) is 8.47. The molecule has 120 valence electrons. The minimum Gasteiger partial charge on any atom is -0.438 e. The molecule has 0 aromatic carbocycles. The molecule has 0 spiro atoms. The van der Waals surface area contributed by atoms with Crippen LogP contribution in [0.2, 0.25) is 0 Å². The third kappa shape index (κ3) is 2.85. The van der Waals surface area contributed by atoms with Gasteiger partial charge < -0.3 is 14.2 Å². The van der Waals surface area contributed by atoms with Crippen molar-refractivity contribution in [2.24, 2.45) is 29.1 Å². The second kappa shape index (κ2) is 6.25. The molecule has 0 aromatic heterocycles. The highest BCUT2D eigenvalue weighted by molar-refractivity contribution is 5.77. The molecule has 4 rings (SSSR count). The van der Waals surface area contributed by atoms with Gasteiger partial charge in [-0.3, -0.25) is 4.79 Å². The largest absolute Gasteiger partial charge is 0.438 e. The third-order valence-corrected chi connectivity index (χ3v) is 6.12. The molecule has 21 heavy (non-hydrogen) atoms. The van der Waals surface area contributed by atoms with Crippen LogP contribution in [0.15, 0.2) is 0 Å². The van der Waals surface area contributed by atoms with Crippen LogP contribution < -0.4 is 0 Å². The van der Waals surface area contributed by atoms with E-state index in [1.165, 1.54) is 32.1 Å².